The molecule has 4 aromatic rings. The highest BCUT2D eigenvalue weighted by Crippen LogP contribution is 2.32. The maximum absolute atomic E-state index is 6.02. The van der Waals surface area contributed by atoms with Crippen LogP contribution in [-0.2, 0) is 6.54 Å². The molecule has 6 nitrogen and oxygen atoms in total. The quantitative estimate of drug-likeness (QED) is 0.572. The standard InChI is InChI=1S/C17H17N5OS/c1-11-12-6-2-3-7-13(12)23-15(11)16-18-19-17-22(16)20-14(24-17)10-21-8-4-5-9-21/h2-3,6-7H,4-5,8-10H2,1H3. The van der Waals surface area contributed by atoms with Crippen LogP contribution in [0.2, 0.25) is 0 Å². The Bertz CT molecular complexity index is 1020. The van der Waals surface area contributed by atoms with Crippen molar-refractivity contribution < 1.29 is 4.42 Å². The largest absolute Gasteiger partial charge is 0.452 e. The molecule has 1 aliphatic rings. The van der Waals surface area contributed by atoms with Crippen molar-refractivity contribution in [3.05, 3.63) is 34.8 Å². The lowest BCUT2D eigenvalue weighted by atomic mass is 10.1. The van der Waals surface area contributed by atoms with E-state index >= 15 is 0 Å². The van der Waals surface area contributed by atoms with Gasteiger partial charge in [0, 0.05) is 10.9 Å². The second-order valence-corrected chi connectivity index (χ2v) is 7.29. The van der Waals surface area contributed by atoms with Crippen LogP contribution in [-0.4, -0.2) is 37.8 Å². The lowest BCUT2D eigenvalue weighted by Crippen LogP contribution is -2.18. The van der Waals surface area contributed by atoms with Gasteiger partial charge in [0.15, 0.2) is 5.76 Å². The number of furan rings is 1. The van der Waals surface area contributed by atoms with Crippen LogP contribution in [0.1, 0.15) is 23.4 Å². The molecule has 0 atom stereocenters. The topological polar surface area (TPSA) is 59.5 Å². The Kier molecular flexibility index (Phi) is 3.17. The molecular formula is C17H17N5OS. The van der Waals surface area contributed by atoms with Gasteiger partial charge in [0.05, 0.1) is 6.54 Å². The molecule has 0 amide bonds. The maximum Gasteiger partial charge on any atom is 0.235 e. The molecule has 1 aromatic carbocycles. The summed E-state index contributed by atoms with van der Waals surface area (Å²) in [6, 6.07) is 8.04. The van der Waals surface area contributed by atoms with Gasteiger partial charge < -0.3 is 4.42 Å². The summed E-state index contributed by atoms with van der Waals surface area (Å²) in [5.41, 5.74) is 1.95. The Morgan fingerprint density at radius 2 is 2.00 bits per heavy atom. The first-order valence-corrected chi connectivity index (χ1v) is 9.03. The highest BCUT2D eigenvalue weighted by atomic mass is 32.1. The molecule has 0 unspecified atom stereocenters. The Morgan fingerprint density at radius 1 is 1.17 bits per heavy atom. The summed E-state index contributed by atoms with van der Waals surface area (Å²) in [5, 5.41) is 15.5. The van der Waals surface area contributed by atoms with Crippen LogP contribution in [0.15, 0.2) is 28.7 Å². The summed E-state index contributed by atoms with van der Waals surface area (Å²) in [7, 11) is 0. The van der Waals surface area contributed by atoms with E-state index in [2.05, 4.69) is 28.1 Å². The fourth-order valence-corrected chi connectivity index (χ4v) is 4.26. The summed E-state index contributed by atoms with van der Waals surface area (Å²) in [5.74, 6) is 1.43. The van der Waals surface area contributed by atoms with Crippen molar-refractivity contribution in [1.82, 2.24) is 24.7 Å². The summed E-state index contributed by atoms with van der Waals surface area (Å²) < 4.78 is 7.85. The molecule has 0 spiro atoms. The van der Waals surface area contributed by atoms with Crippen LogP contribution in [0.5, 0.6) is 0 Å². The Balaban J connectivity index is 1.58. The Hall–Kier alpha value is -2.25. The van der Waals surface area contributed by atoms with E-state index in [0.29, 0.717) is 5.82 Å². The number of likely N-dealkylation sites (tertiary alicyclic amines) is 1. The van der Waals surface area contributed by atoms with Crippen LogP contribution in [0, 0.1) is 6.92 Å². The molecule has 24 heavy (non-hydrogen) atoms. The van der Waals surface area contributed by atoms with Crippen LogP contribution >= 0.6 is 11.3 Å². The number of fused-ring (bicyclic) bond motifs is 2. The first-order chi connectivity index (χ1) is 11.8. The smallest absolute Gasteiger partial charge is 0.235 e. The molecule has 7 heteroatoms. The second-order valence-electron chi connectivity index (χ2n) is 6.25. The van der Waals surface area contributed by atoms with E-state index in [1.807, 2.05) is 22.7 Å². The van der Waals surface area contributed by atoms with Crippen molar-refractivity contribution in [3.63, 3.8) is 0 Å². The number of para-hydroxylation sites is 1. The molecule has 1 aliphatic heterocycles. The monoisotopic (exact) mass is 339 g/mol. The van der Waals surface area contributed by atoms with Crippen LogP contribution < -0.4 is 0 Å². The zero-order valence-electron chi connectivity index (χ0n) is 13.4. The zero-order valence-corrected chi connectivity index (χ0v) is 14.2. The fraction of sp³-hybridized carbons (Fsp3) is 0.353. The Labute approximate surface area is 142 Å². The van der Waals surface area contributed by atoms with Gasteiger partial charge in [-0.15, -0.1) is 10.2 Å². The van der Waals surface area contributed by atoms with E-state index < -0.39 is 0 Å². The third kappa shape index (κ3) is 2.16. The fourth-order valence-electron chi connectivity index (χ4n) is 3.38. The highest BCUT2D eigenvalue weighted by molar-refractivity contribution is 7.16. The highest BCUT2D eigenvalue weighted by Gasteiger charge is 2.21. The minimum absolute atomic E-state index is 0.683. The molecule has 1 saturated heterocycles. The predicted molar refractivity (Wildman–Crippen MR) is 93.1 cm³/mol. The lowest BCUT2D eigenvalue weighted by molar-refractivity contribution is 0.329. The Morgan fingerprint density at radius 3 is 2.83 bits per heavy atom. The van der Waals surface area contributed by atoms with E-state index in [1.165, 1.54) is 12.8 Å². The van der Waals surface area contributed by atoms with Gasteiger partial charge in [0.1, 0.15) is 10.6 Å². The first-order valence-electron chi connectivity index (χ1n) is 8.21. The SMILES string of the molecule is Cc1c(-c2nnc3sc(CN4CCCC4)nn23)oc2ccccc12. The van der Waals surface area contributed by atoms with Gasteiger partial charge in [-0.2, -0.15) is 9.61 Å². The van der Waals surface area contributed by atoms with Crippen molar-refractivity contribution >= 4 is 27.3 Å². The van der Waals surface area contributed by atoms with Gasteiger partial charge in [-0.3, -0.25) is 4.90 Å². The number of benzene rings is 1. The average Bonchev–Trinajstić information content (AvgIpc) is 3.33. The van der Waals surface area contributed by atoms with E-state index in [1.54, 1.807) is 11.3 Å². The lowest BCUT2D eigenvalue weighted by Gasteiger charge is -2.10. The summed E-state index contributed by atoms with van der Waals surface area (Å²) >= 11 is 1.61. The third-order valence-corrected chi connectivity index (χ3v) is 5.52. The van der Waals surface area contributed by atoms with E-state index in [0.717, 1.165) is 51.9 Å². The van der Waals surface area contributed by atoms with E-state index in [4.69, 9.17) is 9.52 Å². The van der Waals surface area contributed by atoms with Crippen molar-refractivity contribution in [3.8, 4) is 11.6 Å². The number of aryl methyl sites for hydroxylation is 1. The maximum atomic E-state index is 6.02. The first kappa shape index (κ1) is 14.1. The number of aromatic nitrogens is 4. The van der Waals surface area contributed by atoms with E-state index in [9.17, 15) is 0 Å². The summed E-state index contributed by atoms with van der Waals surface area (Å²) in [6.45, 7) is 5.28. The minimum Gasteiger partial charge on any atom is -0.452 e. The van der Waals surface area contributed by atoms with Crippen LogP contribution in [0.4, 0.5) is 0 Å². The minimum atomic E-state index is 0.683. The van der Waals surface area contributed by atoms with Crippen LogP contribution in [0.3, 0.4) is 0 Å². The van der Waals surface area contributed by atoms with Gasteiger partial charge >= 0.3 is 0 Å². The van der Waals surface area contributed by atoms with Crippen molar-refractivity contribution in [1.29, 1.82) is 0 Å². The van der Waals surface area contributed by atoms with Gasteiger partial charge in [-0.1, -0.05) is 29.5 Å². The molecule has 1 fully saturated rings. The van der Waals surface area contributed by atoms with Gasteiger partial charge in [-0.05, 0) is 38.9 Å². The van der Waals surface area contributed by atoms with Gasteiger partial charge in [0.25, 0.3) is 0 Å². The zero-order chi connectivity index (χ0) is 16.1. The van der Waals surface area contributed by atoms with Crippen molar-refractivity contribution in [2.24, 2.45) is 0 Å². The van der Waals surface area contributed by atoms with Crippen molar-refractivity contribution in [2.45, 2.75) is 26.3 Å². The van der Waals surface area contributed by atoms with E-state index in [-0.39, 0.29) is 0 Å². The molecule has 5 rings (SSSR count). The third-order valence-electron chi connectivity index (χ3n) is 4.64. The number of rotatable bonds is 3. The molecular weight excluding hydrogens is 322 g/mol. The summed E-state index contributed by atoms with van der Waals surface area (Å²) in [4.78, 5) is 3.26. The molecule has 0 bridgehead atoms. The second kappa shape index (κ2) is 5.39. The van der Waals surface area contributed by atoms with Crippen LogP contribution in [0.25, 0.3) is 27.5 Å². The van der Waals surface area contributed by atoms with Gasteiger partial charge in [-0.25, -0.2) is 0 Å². The van der Waals surface area contributed by atoms with Gasteiger partial charge in [0.2, 0.25) is 10.8 Å². The number of hydrogen-bond acceptors (Lipinski definition) is 6. The predicted octanol–water partition coefficient (Wildman–Crippen LogP) is 3.50. The molecule has 4 heterocycles. The molecule has 0 saturated carbocycles. The molecule has 3 aromatic heterocycles. The van der Waals surface area contributed by atoms with Crippen molar-refractivity contribution in [2.75, 3.05) is 13.1 Å². The molecule has 0 aliphatic carbocycles. The number of hydrogen-bond donors (Lipinski definition) is 0. The number of nitrogens with zero attached hydrogens (tertiary/aromatic N) is 5. The molecule has 0 radical (unpaired) electrons. The average molecular weight is 339 g/mol. The normalized spacial score (nSPS) is 15.9. The molecule has 0 N–H and O–H groups in total. The molecule has 122 valence electrons. The summed E-state index contributed by atoms with van der Waals surface area (Å²) in [6.07, 6.45) is 2.57.